The molecule has 1 aromatic heterocycles. The topological polar surface area (TPSA) is 76.7 Å². The molecule has 2 N–H and O–H groups in total. The van der Waals surface area contributed by atoms with Crippen LogP contribution < -0.4 is 10.6 Å². The lowest BCUT2D eigenvalue weighted by atomic mass is 10.2. The number of hydrogen-bond donors (Lipinski definition) is 2. The summed E-state index contributed by atoms with van der Waals surface area (Å²) in [6.45, 7) is 3.91. The van der Waals surface area contributed by atoms with E-state index in [9.17, 15) is 9.59 Å². The standard InChI is InChI=1S/C17H18N2O4S2/c1-4-23-16(21)11-7-5-6-8-13(11)18-17(24)19-14-12(15(20)22-3)9-10(2)25-14/h5-9H,4H2,1-3H3,(H2,18,19,24). The van der Waals surface area contributed by atoms with Crippen molar-refractivity contribution in [3.05, 3.63) is 46.3 Å². The van der Waals surface area contributed by atoms with Crippen molar-refractivity contribution in [3.63, 3.8) is 0 Å². The number of anilines is 2. The van der Waals surface area contributed by atoms with E-state index in [0.29, 0.717) is 21.8 Å². The van der Waals surface area contributed by atoms with Crippen LogP contribution in [0, 0.1) is 6.92 Å². The molecule has 0 atom stereocenters. The van der Waals surface area contributed by atoms with E-state index in [4.69, 9.17) is 21.7 Å². The number of para-hydroxylation sites is 1. The zero-order chi connectivity index (χ0) is 18.4. The highest BCUT2D eigenvalue weighted by Crippen LogP contribution is 2.28. The van der Waals surface area contributed by atoms with Gasteiger partial charge in [0.2, 0.25) is 0 Å². The summed E-state index contributed by atoms with van der Waals surface area (Å²) in [6, 6.07) is 8.63. The summed E-state index contributed by atoms with van der Waals surface area (Å²) in [5, 5.41) is 6.78. The van der Waals surface area contributed by atoms with Gasteiger partial charge in [0.25, 0.3) is 0 Å². The highest BCUT2D eigenvalue weighted by Gasteiger charge is 2.17. The van der Waals surface area contributed by atoms with Crippen LogP contribution >= 0.6 is 23.6 Å². The van der Waals surface area contributed by atoms with E-state index in [0.717, 1.165) is 4.88 Å². The van der Waals surface area contributed by atoms with Gasteiger partial charge in [0, 0.05) is 4.88 Å². The molecular formula is C17H18N2O4S2. The van der Waals surface area contributed by atoms with Crippen molar-refractivity contribution in [2.24, 2.45) is 0 Å². The molecule has 0 aliphatic heterocycles. The van der Waals surface area contributed by atoms with E-state index < -0.39 is 11.9 Å². The molecule has 8 heteroatoms. The Morgan fingerprint density at radius 3 is 2.56 bits per heavy atom. The number of ether oxygens (including phenoxy) is 2. The van der Waals surface area contributed by atoms with Gasteiger partial charge < -0.3 is 20.1 Å². The normalized spacial score (nSPS) is 10.0. The molecule has 132 valence electrons. The molecule has 0 amide bonds. The first kappa shape index (κ1) is 18.9. The van der Waals surface area contributed by atoms with Crippen molar-refractivity contribution in [3.8, 4) is 0 Å². The Kier molecular flexibility index (Phi) is 6.49. The Morgan fingerprint density at radius 2 is 1.88 bits per heavy atom. The van der Waals surface area contributed by atoms with Crippen molar-refractivity contribution < 1.29 is 19.1 Å². The monoisotopic (exact) mass is 378 g/mol. The molecule has 0 aliphatic rings. The summed E-state index contributed by atoms with van der Waals surface area (Å²) in [5.41, 5.74) is 1.31. The third-order valence-corrected chi connectivity index (χ3v) is 4.33. The van der Waals surface area contributed by atoms with Gasteiger partial charge in [0.15, 0.2) is 5.11 Å². The second-order valence-electron chi connectivity index (χ2n) is 4.94. The van der Waals surface area contributed by atoms with Crippen molar-refractivity contribution in [1.29, 1.82) is 0 Å². The maximum Gasteiger partial charge on any atom is 0.340 e. The summed E-state index contributed by atoms with van der Waals surface area (Å²) in [4.78, 5) is 24.8. The highest BCUT2D eigenvalue weighted by molar-refractivity contribution is 7.80. The lowest BCUT2D eigenvalue weighted by Crippen LogP contribution is -2.21. The Bertz CT molecular complexity index is 802. The minimum Gasteiger partial charge on any atom is -0.465 e. The molecule has 1 heterocycles. The average Bonchev–Trinajstić information content (AvgIpc) is 2.95. The molecular weight excluding hydrogens is 360 g/mol. The summed E-state index contributed by atoms with van der Waals surface area (Å²) < 4.78 is 9.81. The lowest BCUT2D eigenvalue weighted by molar-refractivity contribution is 0.0526. The van der Waals surface area contributed by atoms with Gasteiger partial charge >= 0.3 is 11.9 Å². The van der Waals surface area contributed by atoms with Gasteiger partial charge in [0.05, 0.1) is 30.5 Å². The summed E-state index contributed by atoms with van der Waals surface area (Å²) in [5.74, 6) is -0.878. The van der Waals surface area contributed by atoms with Crippen LogP contribution in [0.4, 0.5) is 10.7 Å². The fourth-order valence-corrected chi connectivity index (χ4v) is 3.28. The number of carbonyl (C=O) groups excluding carboxylic acids is 2. The van der Waals surface area contributed by atoms with Crippen molar-refractivity contribution >= 4 is 51.3 Å². The number of aryl methyl sites for hydroxylation is 1. The van der Waals surface area contributed by atoms with E-state index in [1.807, 2.05) is 6.92 Å². The van der Waals surface area contributed by atoms with Crippen LogP contribution in [0.3, 0.4) is 0 Å². The van der Waals surface area contributed by atoms with Gasteiger partial charge in [-0.2, -0.15) is 0 Å². The average molecular weight is 378 g/mol. The van der Waals surface area contributed by atoms with E-state index in [1.54, 1.807) is 37.3 Å². The minimum atomic E-state index is -0.443. The molecule has 2 aromatic rings. The Morgan fingerprint density at radius 1 is 1.16 bits per heavy atom. The smallest absolute Gasteiger partial charge is 0.340 e. The number of benzene rings is 1. The van der Waals surface area contributed by atoms with Crippen LogP contribution in [0.2, 0.25) is 0 Å². The van der Waals surface area contributed by atoms with Gasteiger partial charge in [0.1, 0.15) is 5.00 Å². The van der Waals surface area contributed by atoms with Crippen LogP contribution in [0.25, 0.3) is 0 Å². The van der Waals surface area contributed by atoms with E-state index in [2.05, 4.69) is 10.6 Å². The SMILES string of the molecule is CCOC(=O)c1ccccc1NC(=S)Nc1sc(C)cc1C(=O)OC. The Balaban J connectivity index is 2.17. The second kappa shape index (κ2) is 8.59. The van der Waals surface area contributed by atoms with E-state index >= 15 is 0 Å². The molecule has 0 radical (unpaired) electrons. The highest BCUT2D eigenvalue weighted by atomic mass is 32.1. The third kappa shape index (κ3) is 4.77. The molecule has 0 aliphatic carbocycles. The maximum absolute atomic E-state index is 12.0. The van der Waals surface area contributed by atoms with Crippen LogP contribution in [0.5, 0.6) is 0 Å². The number of methoxy groups -OCH3 is 1. The molecule has 0 saturated heterocycles. The van der Waals surface area contributed by atoms with Gasteiger partial charge in [-0.3, -0.25) is 0 Å². The number of nitrogens with one attached hydrogen (secondary N) is 2. The third-order valence-electron chi connectivity index (χ3n) is 3.16. The summed E-state index contributed by atoms with van der Waals surface area (Å²) >= 11 is 6.69. The zero-order valence-corrected chi connectivity index (χ0v) is 15.7. The number of rotatable bonds is 5. The Hall–Kier alpha value is -2.45. The van der Waals surface area contributed by atoms with Gasteiger partial charge in [-0.15, -0.1) is 11.3 Å². The van der Waals surface area contributed by atoms with Crippen LogP contribution in [-0.2, 0) is 9.47 Å². The molecule has 1 aromatic carbocycles. The number of hydrogen-bond acceptors (Lipinski definition) is 6. The first-order valence-corrected chi connectivity index (χ1v) is 8.71. The number of thiophene rings is 1. The predicted molar refractivity (Wildman–Crippen MR) is 103 cm³/mol. The molecule has 6 nitrogen and oxygen atoms in total. The summed E-state index contributed by atoms with van der Waals surface area (Å²) in [6.07, 6.45) is 0. The summed E-state index contributed by atoms with van der Waals surface area (Å²) in [7, 11) is 1.32. The van der Waals surface area contributed by atoms with Crippen molar-refractivity contribution in [2.75, 3.05) is 24.4 Å². The van der Waals surface area contributed by atoms with Gasteiger partial charge in [-0.25, -0.2) is 9.59 Å². The molecule has 25 heavy (non-hydrogen) atoms. The van der Waals surface area contributed by atoms with E-state index in [-0.39, 0.29) is 11.7 Å². The molecule has 2 rings (SSSR count). The molecule has 0 spiro atoms. The first-order valence-electron chi connectivity index (χ1n) is 7.49. The van der Waals surface area contributed by atoms with Gasteiger partial charge in [-0.1, -0.05) is 12.1 Å². The van der Waals surface area contributed by atoms with Gasteiger partial charge in [-0.05, 0) is 44.3 Å². The van der Waals surface area contributed by atoms with Crippen molar-refractivity contribution in [1.82, 2.24) is 0 Å². The quantitative estimate of drug-likeness (QED) is 0.605. The van der Waals surface area contributed by atoms with Crippen LogP contribution in [0.1, 0.15) is 32.5 Å². The largest absolute Gasteiger partial charge is 0.465 e. The molecule has 0 saturated carbocycles. The lowest BCUT2D eigenvalue weighted by Gasteiger charge is -2.13. The molecule has 0 bridgehead atoms. The Labute approximate surface area is 155 Å². The number of carbonyl (C=O) groups is 2. The first-order chi connectivity index (χ1) is 12.0. The van der Waals surface area contributed by atoms with E-state index in [1.165, 1.54) is 18.4 Å². The van der Waals surface area contributed by atoms with Crippen LogP contribution in [-0.4, -0.2) is 30.8 Å². The number of esters is 2. The fourth-order valence-electron chi connectivity index (χ4n) is 2.10. The molecule has 0 unspecified atom stereocenters. The predicted octanol–water partition coefficient (Wildman–Crippen LogP) is 3.83. The number of thiocarbonyl (C=S) groups is 1. The zero-order valence-electron chi connectivity index (χ0n) is 14.0. The maximum atomic E-state index is 12.0. The van der Waals surface area contributed by atoms with Crippen LogP contribution in [0.15, 0.2) is 30.3 Å². The van der Waals surface area contributed by atoms with Crippen molar-refractivity contribution in [2.45, 2.75) is 13.8 Å². The fraction of sp³-hybridized carbons (Fsp3) is 0.235. The minimum absolute atomic E-state index is 0.253. The molecule has 0 fully saturated rings. The second-order valence-corrected chi connectivity index (χ2v) is 6.60.